The molecule has 1 aromatic heterocycles. The topological polar surface area (TPSA) is 70.6 Å². The van der Waals surface area contributed by atoms with E-state index in [2.05, 4.69) is 20.4 Å². The molecule has 0 aliphatic carbocycles. The third-order valence-electron chi connectivity index (χ3n) is 5.02. The summed E-state index contributed by atoms with van der Waals surface area (Å²) in [6.45, 7) is 2.45. The van der Waals surface area contributed by atoms with Crippen LogP contribution in [0.4, 0.5) is 20.7 Å². The highest BCUT2D eigenvalue weighted by Crippen LogP contribution is 2.22. The number of anilines is 2. The second-order valence-corrected chi connectivity index (χ2v) is 6.92. The lowest BCUT2D eigenvalue weighted by molar-refractivity contribution is 0.208. The number of halogens is 1. The van der Waals surface area contributed by atoms with Crippen LogP contribution in [0.3, 0.4) is 0 Å². The number of ether oxygens (including phenoxy) is 1. The Kier molecular flexibility index (Phi) is 5.74. The molecule has 0 bridgehead atoms. The molecule has 2 aromatic carbocycles. The monoisotopic (exact) mass is 407 g/mol. The Bertz CT molecular complexity index is 986. The van der Waals surface area contributed by atoms with Crippen LogP contribution in [0, 0.1) is 5.82 Å². The van der Waals surface area contributed by atoms with Gasteiger partial charge in [0.2, 0.25) is 0 Å². The first-order valence-corrected chi connectivity index (χ1v) is 9.67. The van der Waals surface area contributed by atoms with Crippen LogP contribution in [0.2, 0.25) is 0 Å². The third kappa shape index (κ3) is 4.48. The van der Waals surface area contributed by atoms with E-state index in [9.17, 15) is 9.18 Å². The van der Waals surface area contributed by atoms with Gasteiger partial charge in [0, 0.05) is 37.4 Å². The largest absolute Gasteiger partial charge is 0.497 e. The second kappa shape index (κ2) is 8.77. The summed E-state index contributed by atoms with van der Waals surface area (Å²) in [5, 5.41) is 11.5. The predicted octanol–water partition coefficient (Wildman–Crippen LogP) is 3.65. The van der Waals surface area contributed by atoms with Crippen LogP contribution in [-0.2, 0) is 0 Å². The van der Waals surface area contributed by atoms with Crippen molar-refractivity contribution in [1.29, 1.82) is 0 Å². The van der Waals surface area contributed by atoms with E-state index in [0.717, 1.165) is 22.8 Å². The van der Waals surface area contributed by atoms with Crippen LogP contribution in [0.15, 0.2) is 60.7 Å². The van der Waals surface area contributed by atoms with E-state index < -0.39 is 0 Å². The molecule has 1 aliphatic heterocycles. The fraction of sp³-hybridized carbons (Fsp3) is 0.227. The summed E-state index contributed by atoms with van der Waals surface area (Å²) in [5.74, 6) is 1.25. The van der Waals surface area contributed by atoms with Gasteiger partial charge < -0.3 is 19.9 Å². The van der Waals surface area contributed by atoms with Gasteiger partial charge in [0.15, 0.2) is 5.82 Å². The molecular formula is C22H22FN5O2. The number of aromatic nitrogens is 2. The molecule has 1 aliphatic rings. The quantitative estimate of drug-likeness (QED) is 0.715. The van der Waals surface area contributed by atoms with Crippen molar-refractivity contribution in [2.75, 3.05) is 43.5 Å². The Morgan fingerprint density at radius 3 is 2.23 bits per heavy atom. The van der Waals surface area contributed by atoms with E-state index in [-0.39, 0.29) is 11.8 Å². The lowest BCUT2D eigenvalue weighted by Crippen LogP contribution is -2.50. The SMILES string of the molecule is COc1ccc(-c2ccc(N3CCN(C(=O)Nc4ccc(F)cc4)CC3)nn2)cc1. The number of amides is 2. The second-order valence-electron chi connectivity index (χ2n) is 6.92. The maximum Gasteiger partial charge on any atom is 0.321 e. The van der Waals surface area contributed by atoms with Crippen LogP contribution in [0.5, 0.6) is 5.75 Å². The van der Waals surface area contributed by atoms with Gasteiger partial charge in [-0.1, -0.05) is 0 Å². The molecule has 30 heavy (non-hydrogen) atoms. The smallest absolute Gasteiger partial charge is 0.321 e. The Hall–Kier alpha value is -3.68. The predicted molar refractivity (Wildman–Crippen MR) is 113 cm³/mol. The molecule has 8 heteroatoms. The molecule has 1 saturated heterocycles. The van der Waals surface area contributed by atoms with Gasteiger partial charge in [0.25, 0.3) is 0 Å². The normalized spacial score (nSPS) is 13.8. The van der Waals surface area contributed by atoms with E-state index in [1.165, 1.54) is 12.1 Å². The summed E-state index contributed by atoms with van der Waals surface area (Å²) >= 11 is 0. The van der Waals surface area contributed by atoms with Gasteiger partial charge in [0.05, 0.1) is 12.8 Å². The minimum Gasteiger partial charge on any atom is -0.497 e. The van der Waals surface area contributed by atoms with Crippen molar-refractivity contribution in [2.24, 2.45) is 0 Å². The lowest BCUT2D eigenvalue weighted by atomic mass is 10.1. The molecule has 7 nitrogen and oxygen atoms in total. The van der Waals surface area contributed by atoms with Crippen molar-refractivity contribution in [2.45, 2.75) is 0 Å². The van der Waals surface area contributed by atoms with Crippen molar-refractivity contribution < 1.29 is 13.9 Å². The molecule has 0 unspecified atom stereocenters. The Morgan fingerprint density at radius 2 is 1.63 bits per heavy atom. The number of carbonyl (C=O) groups excluding carboxylic acids is 1. The summed E-state index contributed by atoms with van der Waals surface area (Å²) in [4.78, 5) is 16.2. The van der Waals surface area contributed by atoms with Gasteiger partial charge in [-0.3, -0.25) is 0 Å². The molecule has 3 aromatic rings. The highest BCUT2D eigenvalue weighted by atomic mass is 19.1. The van der Waals surface area contributed by atoms with Crippen molar-refractivity contribution in [3.63, 3.8) is 0 Å². The van der Waals surface area contributed by atoms with Crippen LogP contribution >= 0.6 is 0 Å². The molecular weight excluding hydrogens is 385 g/mol. The van der Waals surface area contributed by atoms with Gasteiger partial charge in [-0.05, 0) is 60.7 Å². The van der Waals surface area contributed by atoms with Crippen molar-refractivity contribution in [3.05, 3.63) is 66.5 Å². The summed E-state index contributed by atoms with van der Waals surface area (Å²) in [7, 11) is 1.63. The van der Waals surface area contributed by atoms with E-state index in [4.69, 9.17) is 4.74 Å². The van der Waals surface area contributed by atoms with Crippen molar-refractivity contribution >= 4 is 17.5 Å². The number of nitrogens with one attached hydrogen (secondary N) is 1. The maximum atomic E-state index is 13.0. The number of carbonyl (C=O) groups is 1. The molecule has 2 heterocycles. The third-order valence-corrected chi connectivity index (χ3v) is 5.02. The summed E-state index contributed by atoms with van der Waals surface area (Å²) < 4.78 is 18.2. The van der Waals surface area contributed by atoms with Gasteiger partial charge in [-0.25, -0.2) is 9.18 Å². The fourth-order valence-electron chi connectivity index (χ4n) is 3.28. The number of urea groups is 1. The number of hydrogen-bond acceptors (Lipinski definition) is 5. The van der Waals surface area contributed by atoms with Gasteiger partial charge in [0.1, 0.15) is 11.6 Å². The zero-order valence-electron chi connectivity index (χ0n) is 16.6. The molecule has 154 valence electrons. The number of rotatable bonds is 4. The number of benzene rings is 2. The number of piperazine rings is 1. The molecule has 1 fully saturated rings. The summed E-state index contributed by atoms with van der Waals surface area (Å²) in [6, 6.07) is 17.1. The molecule has 4 rings (SSSR count). The van der Waals surface area contributed by atoms with Crippen LogP contribution in [0.25, 0.3) is 11.3 Å². The lowest BCUT2D eigenvalue weighted by Gasteiger charge is -2.35. The first-order chi connectivity index (χ1) is 14.6. The Labute approximate surface area is 174 Å². The van der Waals surface area contributed by atoms with Gasteiger partial charge in [-0.15, -0.1) is 10.2 Å². The van der Waals surface area contributed by atoms with Gasteiger partial charge in [-0.2, -0.15) is 0 Å². The van der Waals surface area contributed by atoms with Crippen LogP contribution in [-0.4, -0.2) is 54.4 Å². The highest BCUT2D eigenvalue weighted by Gasteiger charge is 2.22. The van der Waals surface area contributed by atoms with Crippen molar-refractivity contribution in [1.82, 2.24) is 15.1 Å². The molecule has 1 N–H and O–H groups in total. The zero-order chi connectivity index (χ0) is 20.9. The minimum absolute atomic E-state index is 0.192. The van der Waals surface area contributed by atoms with E-state index >= 15 is 0 Å². The zero-order valence-corrected chi connectivity index (χ0v) is 16.6. The van der Waals surface area contributed by atoms with Crippen molar-refractivity contribution in [3.8, 4) is 17.0 Å². The minimum atomic E-state index is -0.333. The average Bonchev–Trinajstić information content (AvgIpc) is 2.81. The summed E-state index contributed by atoms with van der Waals surface area (Å²) in [5.41, 5.74) is 2.33. The molecule has 0 saturated carbocycles. The first kappa shape index (κ1) is 19.6. The summed E-state index contributed by atoms with van der Waals surface area (Å²) in [6.07, 6.45) is 0. The van der Waals surface area contributed by atoms with Crippen LogP contribution < -0.4 is 15.0 Å². The van der Waals surface area contributed by atoms with E-state index in [1.54, 1.807) is 24.1 Å². The number of methoxy groups -OCH3 is 1. The Balaban J connectivity index is 1.33. The highest BCUT2D eigenvalue weighted by molar-refractivity contribution is 5.89. The van der Waals surface area contributed by atoms with E-state index in [1.807, 2.05) is 36.4 Å². The number of hydrogen-bond donors (Lipinski definition) is 1. The fourth-order valence-corrected chi connectivity index (χ4v) is 3.28. The first-order valence-electron chi connectivity index (χ1n) is 9.67. The molecule has 0 radical (unpaired) electrons. The molecule has 2 amide bonds. The number of nitrogens with zero attached hydrogens (tertiary/aromatic N) is 4. The molecule has 0 atom stereocenters. The Morgan fingerprint density at radius 1 is 0.933 bits per heavy atom. The standard InChI is InChI=1S/C22H22FN5O2/c1-30-19-8-2-16(3-9-19)20-10-11-21(26-25-20)27-12-14-28(15-13-27)22(29)24-18-6-4-17(23)5-7-18/h2-11H,12-15H2,1H3,(H,24,29). The van der Waals surface area contributed by atoms with Crippen LogP contribution in [0.1, 0.15) is 0 Å². The average molecular weight is 407 g/mol. The maximum absolute atomic E-state index is 13.0. The van der Waals surface area contributed by atoms with Gasteiger partial charge >= 0.3 is 6.03 Å². The molecule has 0 spiro atoms. The van der Waals surface area contributed by atoms with E-state index in [0.29, 0.717) is 31.9 Å².